The van der Waals surface area contributed by atoms with Crippen LogP contribution in [0, 0.1) is 0 Å². The van der Waals surface area contributed by atoms with Crippen LogP contribution in [0.5, 0.6) is 0 Å². The predicted molar refractivity (Wildman–Crippen MR) is 84.3 cm³/mol. The molecule has 94 valence electrons. The summed E-state index contributed by atoms with van der Waals surface area (Å²) in [6.45, 7) is 0. The minimum absolute atomic E-state index is 1.09. The lowest BCUT2D eigenvalue weighted by molar-refractivity contribution is 1.24. The molecule has 0 unspecified atom stereocenters. The van der Waals surface area contributed by atoms with Gasteiger partial charge in [-0.1, -0.05) is 30.3 Å². The maximum Gasteiger partial charge on any atom is 0.0836 e. The fourth-order valence-corrected chi connectivity index (χ4v) is 2.83. The summed E-state index contributed by atoms with van der Waals surface area (Å²) in [6.07, 6.45) is 4.16. The molecule has 4 heteroatoms. The van der Waals surface area contributed by atoms with Crippen molar-refractivity contribution in [3.05, 3.63) is 54.6 Å². The van der Waals surface area contributed by atoms with Crippen LogP contribution in [0.1, 0.15) is 0 Å². The standard InChI is InChI=1S/C14H16N2S2/c1-17-14-11-7-6-10-13(14)16(18-2)15-12-8-4-3-5-9-12/h3-11,15H,1-2H3. The average Bonchev–Trinajstić information content (AvgIpc) is 2.46. The van der Waals surface area contributed by atoms with Crippen LogP contribution in [0.15, 0.2) is 59.5 Å². The lowest BCUT2D eigenvalue weighted by Crippen LogP contribution is -2.22. The highest BCUT2D eigenvalue weighted by molar-refractivity contribution is 8.00. The Labute approximate surface area is 117 Å². The smallest absolute Gasteiger partial charge is 0.0836 e. The topological polar surface area (TPSA) is 15.3 Å². The molecule has 0 amide bonds. The Bertz CT molecular complexity index is 488. The minimum atomic E-state index is 1.09. The van der Waals surface area contributed by atoms with E-state index < -0.39 is 0 Å². The third-order valence-electron chi connectivity index (χ3n) is 2.49. The molecule has 18 heavy (non-hydrogen) atoms. The first-order valence-electron chi connectivity index (χ1n) is 5.64. The summed E-state index contributed by atoms with van der Waals surface area (Å²) in [6, 6.07) is 18.6. The summed E-state index contributed by atoms with van der Waals surface area (Å²) >= 11 is 3.41. The summed E-state index contributed by atoms with van der Waals surface area (Å²) in [5.41, 5.74) is 5.67. The van der Waals surface area contributed by atoms with Crippen LogP contribution >= 0.6 is 23.7 Å². The number of nitrogens with one attached hydrogen (secondary N) is 1. The number of rotatable bonds is 5. The number of para-hydroxylation sites is 2. The monoisotopic (exact) mass is 276 g/mol. The van der Waals surface area contributed by atoms with E-state index in [0.29, 0.717) is 0 Å². The van der Waals surface area contributed by atoms with Gasteiger partial charge in [0, 0.05) is 11.2 Å². The lowest BCUT2D eigenvalue weighted by Gasteiger charge is -2.25. The summed E-state index contributed by atoms with van der Waals surface area (Å²) in [5.74, 6) is 0. The van der Waals surface area contributed by atoms with Crippen molar-refractivity contribution in [1.82, 2.24) is 0 Å². The molecular weight excluding hydrogens is 260 g/mol. The molecule has 0 fully saturated rings. The first kappa shape index (κ1) is 13.2. The molecule has 0 heterocycles. The van der Waals surface area contributed by atoms with Gasteiger partial charge in [0.05, 0.1) is 11.4 Å². The van der Waals surface area contributed by atoms with Gasteiger partial charge in [-0.25, -0.2) is 4.41 Å². The predicted octanol–water partition coefficient (Wildman–Crippen LogP) is 4.52. The highest BCUT2D eigenvalue weighted by Crippen LogP contribution is 2.31. The molecule has 0 atom stereocenters. The van der Waals surface area contributed by atoms with Gasteiger partial charge >= 0.3 is 0 Å². The molecule has 2 aromatic carbocycles. The van der Waals surface area contributed by atoms with Gasteiger partial charge in [-0.05, 0) is 42.5 Å². The van der Waals surface area contributed by atoms with Crippen molar-refractivity contribution >= 4 is 35.1 Å². The zero-order valence-corrected chi connectivity index (χ0v) is 12.1. The molecule has 1 N–H and O–H groups in total. The van der Waals surface area contributed by atoms with E-state index in [4.69, 9.17) is 0 Å². The summed E-state index contributed by atoms with van der Waals surface area (Å²) in [7, 11) is 0. The normalized spacial score (nSPS) is 10.1. The van der Waals surface area contributed by atoms with Crippen LogP contribution in [-0.4, -0.2) is 12.5 Å². The van der Waals surface area contributed by atoms with Crippen molar-refractivity contribution in [2.45, 2.75) is 4.90 Å². The van der Waals surface area contributed by atoms with Crippen LogP contribution < -0.4 is 9.84 Å². The van der Waals surface area contributed by atoms with Gasteiger partial charge in [-0.3, -0.25) is 5.43 Å². The second kappa shape index (κ2) is 6.61. The van der Waals surface area contributed by atoms with Gasteiger partial charge in [-0.15, -0.1) is 11.8 Å². The number of hydrogen-bond donors (Lipinski definition) is 1. The summed E-state index contributed by atoms with van der Waals surface area (Å²) in [4.78, 5) is 1.26. The third kappa shape index (κ3) is 3.15. The molecule has 2 rings (SSSR count). The third-order valence-corrected chi connectivity index (χ3v) is 3.93. The van der Waals surface area contributed by atoms with E-state index in [2.05, 4.69) is 58.7 Å². The van der Waals surface area contributed by atoms with Crippen LogP contribution in [0.3, 0.4) is 0 Å². The molecule has 0 aliphatic rings. The van der Waals surface area contributed by atoms with Gasteiger partial charge in [0.25, 0.3) is 0 Å². The zero-order chi connectivity index (χ0) is 12.8. The van der Waals surface area contributed by atoms with Crippen molar-refractivity contribution in [3.8, 4) is 0 Å². The number of hydrazine groups is 1. The van der Waals surface area contributed by atoms with Crippen LogP contribution in [0.4, 0.5) is 11.4 Å². The fraction of sp³-hybridized carbons (Fsp3) is 0.143. The number of thioether (sulfide) groups is 1. The highest BCUT2D eigenvalue weighted by atomic mass is 32.2. The van der Waals surface area contributed by atoms with Crippen molar-refractivity contribution in [3.63, 3.8) is 0 Å². The van der Waals surface area contributed by atoms with Gasteiger partial charge in [0.2, 0.25) is 0 Å². The maximum absolute atomic E-state index is 3.40. The lowest BCUT2D eigenvalue weighted by atomic mass is 10.3. The first-order valence-corrected chi connectivity index (χ1v) is 8.04. The molecule has 0 saturated carbocycles. The van der Waals surface area contributed by atoms with Crippen molar-refractivity contribution in [1.29, 1.82) is 0 Å². The van der Waals surface area contributed by atoms with Crippen molar-refractivity contribution < 1.29 is 0 Å². The fourth-order valence-electron chi connectivity index (χ4n) is 1.63. The van der Waals surface area contributed by atoms with E-state index in [1.807, 2.05) is 18.2 Å². The minimum Gasteiger partial charge on any atom is -0.288 e. The zero-order valence-electron chi connectivity index (χ0n) is 10.5. The number of hydrogen-bond acceptors (Lipinski definition) is 4. The molecule has 0 bridgehead atoms. The van der Waals surface area contributed by atoms with E-state index in [1.165, 1.54) is 10.6 Å². The van der Waals surface area contributed by atoms with Crippen LogP contribution in [-0.2, 0) is 0 Å². The highest BCUT2D eigenvalue weighted by Gasteiger charge is 2.09. The summed E-state index contributed by atoms with van der Waals surface area (Å²) < 4.78 is 2.08. The molecule has 0 aliphatic carbocycles. The van der Waals surface area contributed by atoms with E-state index >= 15 is 0 Å². The molecule has 0 aliphatic heterocycles. The number of anilines is 2. The summed E-state index contributed by atoms with van der Waals surface area (Å²) in [5, 5.41) is 0. The number of benzene rings is 2. The number of nitrogens with zero attached hydrogens (tertiary/aromatic N) is 1. The van der Waals surface area contributed by atoms with E-state index in [1.54, 1.807) is 23.7 Å². The van der Waals surface area contributed by atoms with Crippen molar-refractivity contribution in [2.75, 3.05) is 22.4 Å². The van der Waals surface area contributed by atoms with E-state index in [-0.39, 0.29) is 0 Å². The van der Waals surface area contributed by atoms with Gasteiger partial charge in [0.15, 0.2) is 0 Å². The Balaban J connectivity index is 2.23. The Morgan fingerprint density at radius 2 is 1.56 bits per heavy atom. The molecule has 0 spiro atoms. The SMILES string of the molecule is CSc1ccccc1N(Nc1ccccc1)SC. The maximum atomic E-state index is 3.40. The van der Waals surface area contributed by atoms with Gasteiger partial charge < -0.3 is 0 Å². The van der Waals surface area contributed by atoms with Crippen LogP contribution in [0.25, 0.3) is 0 Å². The molecular formula is C14H16N2S2. The Morgan fingerprint density at radius 1 is 0.889 bits per heavy atom. The average molecular weight is 276 g/mol. The van der Waals surface area contributed by atoms with E-state index in [0.717, 1.165) is 5.69 Å². The van der Waals surface area contributed by atoms with Gasteiger partial charge in [-0.2, -0.15) is 0 Å². The Kier molecular flexibility index (Phi) is 4.84. The Morgan fingerprint density at radius 3 is 2.22 bits per heavy atom. The van der Waals surface area contributed by atoms with Crippen molar-refractivity contribution in [2.24, 2.45) is 0 Å². The van der Waals surface area contributed by atoms with Crippen LogP contribution in [0.2, 0.25) is 0 Å². The van der Waals surface area contributed by atoms with E-state index in [9.17, 15) is 0 Å². The molecule has 2 nitrogen and oxygen atoms in total. The largest absolute Gasteiger partial charge is 0.288 e. The second-order valence-electron chi connectivity index (χ2n) is 3.63. The van der Waals surface area contributed by atoms with Gasteiger partial charge in [0.1, 0.15) is 0 Å². The first-order chi connectivity index (χ1) is 8.85. The second-order valence-corrected chi connectivity index (χ2v) is 5.21. The molecule has 0 radical (unpaired) electrons. The molecule has 0 aromatic heterocycles. The Hall–Kier alpha value is -1.26. The molecule has 0 saturated heterocycles. The quantitative estimate of drug-likeness (QED) is 0.490. The molecule has 2 aromatic rings.